The van der Waals surface area contributed by atoms with E-state index in [1.165, 1.54) is 13.8 Å². The minimum atomic E-state index is -1.30. The molecule has 0 aliphatic carbocycles. The number of fused-ring (bicyclic) bond motifs is 1. The summed E-state index contributed by atoms with van der Waals surface area (Å²) in [5, 5.41) is 23.4. The monoisotopic (exact) mass is 355 g/mol. The van der Waals surface area contributed by atoms with Gasteiger partial charge in [-0.3, -0.25) is 0 Å². The van der Waals surface area contributed by atoms with Crippen molar-refractivity contribution in [3.05, 3.63) is 60.4 Å². The third-order valence-corrected chi connectivity index (χ3v) is 4.03. The second-order valence-electron chi connectivity index (χ2n) is 6.60. The van der Waals surface area contributed by atoms with E-state index in [-0.39, 0.29) is 0 Å². The molecule has 1 atom stereocenters. The number of carboxylic acids is 1. The van der Waals surface area contributed by atoms with Gasteiger partial charge in [0.05, 0.1) is 6.26 Å². The van der Waals surface area contributed by atoms with Crippen LogP contribution in [-0.4, -0.2) is 28.0 Å². The quantitative estimate of drug-likeness (QED) is 0.560. The fourth-order valence-corrected chi connectivity index (χ4v) is 2.55. The molecule has 0 saturated carbocycles. The molecule has 6 nitrogen and oxygen atoms in total. The molecule has 0 amide bonds. The van der Waals surface area contributed by atoms with E-state index in [9.17, 15) is 9.90 Å². The van der Waals surface area contributed by atoms with Crippen LogP contribution in [0.15, 0.2) is 59.2 Å². The Hall–Kier alpha value is -2.99. The average Bonchev–Trinajstić information content (AvgIpc) is 3.04. The minimum Gasteiger partial charge on any atom is -0.478 e. The number of aliphatic hydroxyl groups excluding tert-OH is 1. The van der Waals surface area contributed by atoms with Crippen LogP contribution in [0.1, 0.15) is 19.4 Å². The average molecular weight is 355 g/mol. The number of ether oxygens (including phenoxy) is 1. The molecular formula is C20H21NO5. The lowest BCUT2D eigenvalue weighted by atomic mass is 10.1. The predicted molar refractivity (Wildman–Crippen MR) is 98.3 cm³/mol. The number of rotatable bonds is 7. The third kappa shape index (κ3) is 4.15. The zero-order chi connectivity index (χ0) is 18.7. The fraction of sp³-hybridized carbons (Fsp3) is 0.250. The van der Waals surface area contributed by atoms with Gasteiger partial charge in [-0.25, -0.2) is 4.79 Å². The molecule has 1 unspecified atom stereocenters. The van der Waals surface area contributed by atoms with Crippen LogP contribution < -0.4 is 10.1 Å². The van der Waals surface area contributed by atoms with Gasteiger partial charge in [0.15, 0.2) is 5.60 Å². The lowest BCUT2D eigenvalue weighted by Crippen LogP contribution is -2.37. The highest BCUT2D eigenvalue weighted by Crippen LogP contribution is 2.22. The lowest BCUT2D eigenvalue weighted by Gasteiger charge is -2.21. The number of aliphatic carboxylic acids is 1. The number of nitrogens with one attached hydrogen (secondary N) is 1. The Balaban J connectivity index is 1.60. The standard InChI is InChI=1S/C20H21NO5/c1-20(2,19(23)24)26-16-6-3-13(4-7-16)11-18(22)21-15-5-8-17-14(12-15)9-10-25-17/h3-10,12,18,21-22H,11H2,1-2H3,(H,23,24). The van der Waals surface area contributed by atoms with E-state index in [1.807, 2.05) is 24.3 Å². The van der Waals surface area contributed by atoms with Crippen LogP contribution in [0.3, 0.4) is 0 Å². The van der Waals surface area contributed by atoms with Crippen molar-refractivity contribution in [1.29, 1.82) is 0 Å². The summed E-state index contributed by atoms with van der Waals surface area (Å²) in [5.41, 5.74) is 1.20. The number of anilines is 1. The van der Waals surface area contributed by atoms with E-state index in [0.29, 0.717) is 12.2 Å². The number of hydrogen-bond donors (Lipinski definition) is 3. The molecule has 136 valence electrons. The van der Waals surface area contributed by atoms with Gasteiger partial charge in [-0.05, 0) is 55.8 Å². The van der Waals surface area contributed by atoms with Crippen molar-refractivity contribution >= 4 is 22.6 Å². The first-order chi connectivity index (χ1) is 12.3. The highest BCUT2D eigenvalue weighted by atomic mass is 16.5. The van der Waals surface area contributed by atoms with Gasteiger partial charge in [-0.2, -0.15) is 0 Å². The van der Waals surface area contributed by atoms with Gasteiger partial charge in [-0.1, -0.05) is 12.1 Å². The van der Waals surface area contributed by atoms with Crippen LogP contribution in [0.25, 0.3) is 11.0 Å². The molecule has 1 aromatic heterocycles. The predicted octanol–water partition coefficient (Wildman–Crippen LogP) is 3.65. The largest absolute Gasteiger partial charge is 0.478 e. The summed E-state index contributed by atoms with van der Waals surface area (Å²) in [5.74, 6) is -0.565. The summed E-state index contributed by atoms with van der Waals surface area (Å²) in [6, 6.07) is 14.5. The molecule has 2 aromatic carbocycles. The summed E-state index contributed by atoms with van der Waals surface area (Å²) in [6.07, 6.45) is 1.26. The second kappa shape index (κ2) is 7.09. The number of carboxylic acid groups (broad SMARTS) is 1. The van der Waals surface area contributed by atoms with Gasteiger partial charge in [0.1, 0.15) is 17.6 Å². The molecule has 0 saturated heterocycles. The van der Waals surface area contributed by atoms with Crippen LogP contribution in [0.2, 0.25) is 0 Å². The van der Waals surface area contributed by atoms with Gasteiger partial charge in [0.25, 0.3) is 0 Å². The summed E-state index contributed by atoms with van der Waals surface area (Å²) in [6.45, 7) is 2.99. The zero-order valence-corrected chi connectivity index (χ0v) is 14.6. The molecule has 0 aliphatic rings. The van der Waals surface area contributed by atoms with E-state index in [1.54, 1.807) is 30.5 Å². The van der Waals surface area contributed by atoms with Crippen molar-refractivity contribution in [3.63, 3.8) is 0 Å². The highest BCUT2D eigenvalue weighted by Gasteiger charge is 2.29. The highest BCUT2D eigenvalue weighted by molar-refractivity contribution is 5.81. The molecule has 3 rings (SSSR count). The molecule has 0 fully saturated rings. The maximum Gasteiger partial charge on any atom is 0.347 e. The van der Waals surface area contributed by atoms with Crippen LogP contribution in [0, 0.1) is 0 Å². The van der Waals surface area contributed by atoms with E-state index in [0.717, 1.165) is 22.2 Å². The third-order valence-electron chi connectivity index (χ3n) is 4.03. The van der Waals surface area contributed by atoms with Crippen molar-refractivity contribution in [2.75, 3.05) is 5.32 Å². The maximum atomic E-state index is 11.1. The van der Waals surface area contributed by atoms with Crippen molar-refractivity contribution in [1.82, 2.24) is 0 Å². The second-order valence-corrected chi connectivity index (χ2v) is 6.60. The Morgan fingerprint density at radius 1 is 1.19 bits per heavy atom. The number of hydrogen-bond acceptors (Lipinski definition) is 5. The number of furan rings is 1. The lowest BCUT2D eigenvalue weighted by molar-refractivity contribution is -0.152. The van der Waals surface area contributed by atoms with Crippen molar-refractivity contribution in [3.8, 4) is 5.75 Å². The van der Waals surface area contributed by atoms with Crippen molar-refractivity contribution in [2.45, 2.75) is 32.1 Å². The number of aliphatic hydroxyl groups is 1. The first-order valence-electron chi connectivity index (χ1n) is 8.27. The number of benzene rings is 2. The van der Waals surface area contributed by atoms with Crippen LogP contribution in [0.5, 0.6) is 5.75 Å². The molecule has 26 heavy (non-hydrogen) atoms. The minimum absolute atomic E-state index is 0.395. The van der Waals surface area contributed by atoms with E-state index >= 15 is 0 Å². The molecule has 0 radical (unpaired) electrons. The first-order valence-corrected chi connectivity index (χ1v) is 8.27. The Morgan fingerprint density at radius 2 is 1.92 bits per heavy atom. The molecule has 0 spiro atoms. The van der Waals surface area contributed by atoms with Crippen LogP contribution >= 0.6 is 0 Å². The zero-order valence-electron chi connectivity index (χ0n) is 14.6. The van der Waals surface area contributed by atoms with E-state index < -0.39 is 17.8 Å². The summed E-state index contributed by atoms with van der Waals surface area (Å²) < 4.78 is 10.8. The van der Waals surface area contributed by atoms with E-state index in [4.69, 9.17) is 14.3 Å². The van der Waals surface area contributed by atoms with Gasteiger partial charge in [0.2, 0.25) is 0 Å². The van der Waals surface area contributed by atoms with Gasteiger partial charge in [-0.15, -0.1) is 0 Å². The van der Waals surface area contributed by atoms with Gasteiger partial charge >= 0.3 is 5.97 Å². The first kappa shape index (κ1) is 17.8. The summed E-state index contributed by atoms with van der Waals surface area (Å²) in [7, 11) is 0. The van der Waals surface area contributed by atoms with Crippen molar-refractivity contribution < 1.29 is 24.2 Å². The Bertz CT molecular complexity index is 898. The van der Waals surface area contributed by atoms with Gasteiger partial charge < -0.3 is 24.7 Å². The Morgan fingerprint density at radius 3 is 2.62 bits per heavy atom. The summed E-state index contributed by atoms with van der Waals surface area (Å²) >= 11 is 0. The van der Waals surface area contributed by atoms with E-state index in [2.05, 4.69) is 5.32 Å². The molecule has 0 aliphatic heterocycles. The topological polar surface area (TPSA) is 91.9 Å². The van der Waals surface area contributed by atoms with Crippen LogP contribution in [-0.2, 0) is 11.2 Å². The van der Waals surface area contributed by atoms with Crippen molar-refractivity contribution in [2.24, 2.45) is 0 Å². The SMILES string of the molecule is CC(C)(Oc1ccc(CC(O)Nc2ccc3occc3c2)cc1)C(=O)O. The smallest absolute Gasteiger partial charge is 0.347 e. The summed E-state index contributed by atoms with van der Waals surface area (Å²) in [4.78, 5) is 11.1. The fourth-order valence-electron chi connectivity index (χ4n) is 2.55. The number of carbonyl (C=O) groups is 1. The molecule has 3 aromatic rings. The van der Waals surface area contributed by atoms with Gasteiger partial charge in [0, 0.05) is 17.5 Å². The molecule has 0 bridgehead atoms. The van der Waals surface area contributed by atoms with Crippen LogP contribution in [0.4, 0.5) is 5.69 Å². The molecule has 1 heterocycles. The maximum absolute atomic E-state index is 11.1. The Kier molecular flexibility index (Phi) is 4.86. The molecule has 3 N–H and O–H groups in total. The molecule has 6 heteroatoms. The Labute approximate surface area is 151 Å². The molecular weight excluding hydrogens is 334 g/mol. The normalized spacial score (nSPS) is 12.7.